The second-order valence-electron chi connectivity index (χ2n) is 5.12. The molecule has 5 nitrogen and oxygen atoms in total. The summed E-state index contributed by atoms with van der Waals surface area (Å²) in [4.78, 5) is 14.8. The van der Waals surface area contributed by atoms with Crippen molar-refractivity contribution in [2.45, 2.75) is 75.8 Å². The average Bonchev–Trinajstić information content (AvgIpc) is 2.38. The highest BCUT2D eigenvalue weighted by Gasteiger charge is 2.43. The fraction of sp³-hybridized carbons (Fsp3) is 1.00. The van der Waals surface area contributed by atoms with Crippen molar-refractivity contribution in [2.24, 2.45) is 0 Å². The molecule has 0 aromatic heterocycles. The van der Waals surface area contributed by atoms with Gasteiger partial charge in [0.25, 0.3) is 0 Å². The van der Waals surface area contributed by atoms with Crippen LogP contribution in [-0.2, 0) is 14.7 Å². The van der Waals surface area contributed by atoms with Gasteiger partial charge in [-0.25, -0.2) is 9.78 Å². The van der Waals surface area contributed by atoms with Gasteiger partial charge in [0.05, 0.1) is 6.10 Å². The third-order valence-electron chi connectivity index (χ3n) is 3.76. The number of hydrogen-bond acceptors (Lipinski definition) is 5. The van der Waals surface area contributed by atoms with E-state index in [0.717, 1.165) is 38.5 Å². The molecule has 2 atom stereocenters. The number of rotatable bonds is 4. The van der Waals surface area contributed by atoms with Gasteiger partial charge >= 0.3 is 0 Å². The van der Waals surface area contributed by atoms with Crippen molar-refractivity contribution < 1.29 is 25.0 Å². The van der Waals surface area contributed by atoms with Crippen molar-refractivity contribution in [3.05, 3.63) is 0 Å². The molecule has 2 aliphatic rings. The highest BCUT2D eigenvalue weighted by Crippen LogP contribution is 2.33. The smallest absolute Gasteiger partial charge is 0.228 e. The quantitative estimate of drug-likeness (QED) is 0.453. The van der Waals surface area contributed by atoms with E-state index in [1.807, 2.05) is 0 Å². The van der Waals surface area contributed by atoms with E-state index in [0.29, 0.717) is 12.8 Å². The summed E-state index contributed by atoms with van der Waals surface area (Å²) in [5, 5.41) is 19.0. The lowest BCUT2D eigenvalue weighted by atomic mass is 9.91. The Kier molecular flexibility index (Phi) is 4.76. The molecule has 0 saturated heterocycles. The van der Waals surface area contributed by atoms with Crippen LogP contribution in [0.5, 0.6) is 0 Å². The van der Waals surface area contributed by atoms with Crippen LogP contribution in [0, 0.1) is 0 Å². The molecule has 0 amide bonds. The van der Waals surface area contributed by atoms with Crippen LogP contribution in [0.1, 0.15) is 57.8 Å². The zero-order chi connectivity index (χ0) is 12.1. The van der Waals surface area contributed by atoms with Crippen LogP contribution in [0.2, 0.25) is 0 Å². The molecule has 0 aliphatic heterocycles. The molecule has 2 N–H and O–H groups in total. The van der Waals surface area contributed by atoms with Crippen molar-refractivity contribution in [1.29, 1.82) is 0 Å². The second kappa shape index (κ2) is 6.11. The molecule has 0 spiro atoms. The van der Waals surface area contributed by atoms with Crippen LogP contribution in [0.4, 0.5) is 0 Å². The van der Waals surface area contributed by atoms with Gasteiger partial charge in [-0.15, -0.1) is 0 Å². The Hall–Kier alpha value is -0.200. The maximum atomic E-state index is 10.2. The minimum atomic E-state index is -1.50. The van der Waals surface area contributed by atoms with Gasteiger partial charge in [0.15, 0.2) is 0 Å². The Morgan fingerprint density at radius 3 is 2.35 bits per heavy atom. The fourth-order valence-electron chi connectivity index (χ4n) is 2.64. The molecule has 0 heterocycles. The molecule has 2 aliphatic carbocycles. The maximum Gasteiger partial charge on any atom is 0.228 e. The van der Waals surface area contributed by atoms with Crippen LogP contribution in [0.3, 0.4) is 0 Å². The van der Waals surface area contributed by atoms with Crippen LogP contribution in [0.15, 0.2) is 0 Å². The number of hydrogen-bond donors (Lipinski definition) is 2. The minimum Gasteiger partial charge on any atom is -0.361 e. The van der Waals surface area contributed by atoms with Crippen molar-refractivity contribution in [2.75, 3.05) is 0 Å². The molecule has 0 bridgehead atoms. The van der Waals surface area contributed by atoms with E-state index >= 15 is 0 Å². The monoisotopic (exact) mass is 246 g/mol. The van der Waals surface area contributed by atoms with Gasteiger partial charge in [0.1, 0.15) is 6.10 Å². The fourth-order valence-corrected chi connectivity index (χ4v) is 2.64. The van der Waals surface area contributed by atoms with E-state index < -0.39 is 11.9 Å². The molecular weight excluding hydrogens is 224 g/mol. The van der Waals surface area contributed by atoms with Crippen LogP contribution in [0.25, 0.3) is 0 Å². The van der Waals surface area contributed by atoms with Crippen molar-refractivity contribution >= 4 is 0 Å². The van der Waals surface area contributed by atoms with Crippen LogP contribution in [-0.4, -0.2) is 28.4 Å². The summed E-state index contributed by atoms with van der Waals surface area (Å²) in [5.41, 5.74) is 0. The van der Waals surface area contributed by atoms with Crippen molar-refractivity contribution in [3.63, 3.8) is 0 Å². The van der Waals surface area contributed by atoms with E-state index in [1.54, 1.807) is 0 Å². The van der Waals surface area contributed by atoms with Gasteiger partial charge in [-0.05, 0) is 25.7 Å². The van der Waals surface area contributed by atoms with Gasteiger partial charge in [0, 0.05) is 6.42 Å². The Morgan fingerprint density at radius 2 is 1.65 bits per heavy atom. The first-order valence-electron chi connectivity index (χ1n) is 6.62. The Labute approximate surface area is 102 Å². The van der Waals surface area contributed by atoms with E-state index in [2.05, 4.69) is 4.89 Å². The normalized spacial score (nSPS) is 36.0. The molecule has 0 aromatic rings. The molecule has 2 unspecified atom stereocenters. The molecule has 0 radical (unpaired) electrons. The zero-order valence-electron chi connectivity index (χ0n) is 10.1. The first-order valence-corrected chi connectivity index (χ1v) is 6.62. The van der Waals surface area contributed by atoms with Gasteiger partial charge in [0.2, 0.25) is 5.79 Å². The predicted molar refractivity (Wildman–Crippen MR) is 60.0 cm³/mol. The largest absolute Gasteiger partial charge is 0.361 e. The van der Waals surface area contributed by atoms with Crippen molar-refractivity contribution in [3.8, 4) is 0 Å². The summed E-state index contributed by atoms with van der Waals surface area (Å²) >= 11 is 0. The molecule has 0 aromatic carbocycles. The molecule has 2 saturated carbocycles. The Balaban J connectivity index is 1.82. The van der Waals surface area contributed by atoms with Crippen molar-refractivity contribution in [1.82, 2.24) is 0 Å². The van der Waals surface area contributed by atoms with Crippen LogP contribution < -0.4 is 0 Å². The van der Waals surface area contributed by atoms with Crippen LogP contribution >= 0.6 is 0 Å². The average molecular weight is 246 g/mol. The van der Waals surface area contributed by atoms with E-state index in [9.17, 15) is 5.11 Å². The molecule has 5 heteroatoms. The molecule has 17 heavy (non-hydrogen) atoms. The topological polar surface area (TPSA) is 68.2 Å². The molecule has 2 fully saturated rings. The second-order valence-corrected chi connectivity index (χ2v) is 5.12. The predicted octanol–water partition coefficient (Wildman–Crippen LogP) is 2.39. The first-order chi connectivity index (χ1) is 8.24. The summed E-state index contributed by atoms with van der Waals surface area (Å²) in [7, 11) is 0. The summed E-state index contributed by atoms with van der Waals surface area (Å²) in [6, 6.07) is 0. The Morgan fingerprint density at radius 1 is 0.941 bits per heavy atom. The standard InChI is InChI=1S/C12H22O5/c13-12(9-5-4-8-11(12)15-14)17-16-10-6-2-1-3-7-10/h10-11,13-14H,1-9H2. The summed E-state index contributed by atoms with van der Waals surface area (Å²) in [6.07, 6.45) is 7.62. The maximum absolute atomic E-state index is 10.2. The highest BCUT2D eigenvalue weighted by atomic mass is 17.2. The summed E-state index contributed by atoms with van der Waals surface area (Å²) in [6.45, 7) is 0. The van der Waals surface area contributed by atoms with Gasteiger partial charge < -0.3 is 5.11 Å². The summed E-state index contributed by atoms with van der Waals surface area (Å²) < 4.78 is 0. The minimum absolute atomic E-state index is 0.0639. The molecule has 2 rings (SSSR count). The van der Waals surface area contributed by atoms with Gasteiger partial charge in [-0.2, -0.15) is 4.89 Å². The lowest BCUT2D eigenvalue weighted by molar-refractivity contribution is -0.484. The lowest BCUT2D eigenvalue weighted by Gasteiger charge is -2.37. The van der Waals surface area contributed by atoms with Gasteiger partial charge in [-0.3, -0.25) is 5.26 Å². The zero-order valence-corrected chi connectivity index (χ0v) is 10.1. The lowest BCUT2D eigenvalue weighted by Crippen LogP contribution is -2.49. The summed E-state index contributed by atoms with van der Waals surface area (Å²) in [5.74, 6) is -1.50. The third-order valence-corrected chi connectivity index (χ3v) is 3.76. The first kappa shape index (κ1) is 13.2. The highest BCUT2D eigenvalue weighted by molar-refractivity contribution is 4.81. The third kappa shape index (κ3) is 3.39. The van der Waals surface area contributed by atoms with E-state index in [-0.39, 0.29) is 6.10 Å². The Bertz CT molecular complexity index is 229. The number of aliphatic hydroxyl groups is 1. The van der Waals surface area contributed by atoms with E-state index in [4.69, 9.17) is 15.0 Å². The van der Waals surface area contributed by atoms with Gasteiger partial charge in [-0.1, -0.05) is 25.7 Å². The molecular formula is C12H22O5. The van der Waals surface area contributed by atoms with E-state index in [1.165, 1.54) is 6.42 Å². The molecule has 100 valence electrons. The SMILES string of the molecule is OOC1CCCCC1(O)OOC1CCCCC1.